The van der Waals surface area contributed by atoms with Crippen LogP contribution in [0.4, 0.5) is 0 Å². The standard InChI is InChI=1S/C40H43N3O11S/c1-16-9-21-26(31(46)32(16)50-6)29-30-36-28-27(35-34(52-15-53-35)17(2)33(28)54-18(3)44)23(42(30)37(47)22-12-39(21,4)43(22)29)13-51-38(48)40(14-55-36)20-11-25(49-5)24(45)10-19(20)7-8-41-40/h9-11,22-23,29-30,36-37,41,45-47H,7-8,12-15H2,1-6H3. The van der Waals surface area contributed by atoms with E-state index in [-0.39, 0.29) is 42.4 Å². The number of fused-ring (bicyclic) bond motifs is 8. The lowest BCUT2D eigenvalue weighted by atomic mass is 9.72. The third-order valence-electron chi connectivity index (χ3n) is 13.2. The quantitative estimate of drug-likeness (QED) is 0.224. The average molecular weight is 774 g/mol. The number of nitrogens with one attached hydrogen (secondary N) is 1. The third-order valence-corrected chi connectivity index (χ3v) is 14.7. The minimum atomic E-state index is -1.36. The Balaban J connectivity index is 1.25. The molecule has 3 saturated heterocycles. The van der Waals surface area contributed by atoms with Crippen LogP contribution < -0.4 is 29.0 Å². The maximum atomic E-state index is 14.7. The predicted molar refractivity (Wildman–Crippen MR) is 197 cm³/mol. The van der Waals surface area contributed by atoms with Crippen molar-refractivity contribution in [3.8, 4) is 40.2 Å². The molecule has 8 aliphatic heterocycles. The molecular formula is C40H43N3O11S. The highest BCUT2D eigenvalue weighted by Crippen LogP contribution is 2.70. The fraction of sp³-hybridized carbons (Fsp3) is 0.500. The monoisotopic (exact) mass is 773 g/mol. The van der Waals surface area contributed by atoms with Crippen LogP contribution in [0.5, 0.6) is 40.2 Å². The first-order chi connectivity index (χ1) is 26.4. The van der Waals surface area contributed by atoms with Gasteiger partial charge in [0, 0.05) is 53.1 Å². The van der Waals surface area contributed by atoms with Crippen molar-refractivity contribution < 1.29 is 53.3 Å². The van der Waals surface area contributed by atoms with Gasteiger partial charge in [-0.05, 0) is 74.1 Å². The number of aromatic hydroxyl groups is 2. The van der Waals surface area contributed by atoms with Crippen molar-refractivity contribution in [3.05, 3.63) is 62.7 Å². The van der Waals surface area contributed by atoms with Crippen molar-refractivity contribution in [1.82, 2.24) is 15.1 Å². The highest BCUT2D eigenvalue weighted by Gasteiger charge is 2.70. The zero-order valence-corrected chi connectivity index (χ0v) is 32.2. The number of benzene rings is 3. The normalized spacial score (nSPS) is 32.4. The lowest BCUT2D eigenvalue weighted by Gasteiger charge is -2.67. The molecule has 14 nitrogen and oxygen atoms in total. The van der Waals surface area contributed by atoms with Gasteiger partial charge in [0.15, 0.2) is 40.0 Å². The smallest absolute Gasteiger partial charge is 0.331 e. The van der Waals surface area contributed by atoms with Crippen LogP contribution in [0.25, 0.3) is 0 Å². The number of methoxy groups -OCH3 is 2. The number of phenols is 2. The summed E-state index contributed by atoms with van der Waals surface area (Å²) in [5, 5.41) is 38.4. The first kappa shape index (κ1) is 35.0. The first-order valence-corrected chi connectivity index (χ1v) is 19.6. The average Bonchev–Trinajstić information content (AvgIpc) is 3.71. The van der Waals surface area contributed by atoms with E-state index in [4.69, 9.17) is 28.4 Å². The number of hydrogen-bond donors (Lipinski definition) is 4. The number of nitrogens with zero attached hydrogens (tertiary/aromatic N) is 2. The summed E-state index contributed by atoms with van der Waals surface area (Å²) in [5.41, 5.74) is 4.06. The minimum absolute atomic E-state index is 0.0194. The third kappa shape index (κ3) is 4.36. The summed E-state index contributed by atoms with van der Waals surface area (Å²) in [5.74, 6) is 1.04. The van der Waals surface area contributed by atoms with Crippen LogP contribution in [-0.4, -0.2) is 95.3 Å². The van der Waals surface area contributed by atoms with Gasteiger partial charge in [0.2, 0.25) is 6.79 Å². The van der Waals surface area contributed by atoms with Crippen LogP contribution in [-0.2, 0) is 31.8 Å². The Hall–Kier alpha value is -4.41. The van der Waals surface area contributed by atoms with E-state index >= 15 is 0 Å². The molecule has 0 saturated carbocycles. The van der Waals surface area contributed by atoms with Crippen LogP contribution in [0.2, 0.25) is 0 Å². The number of aryl methyl sites for hydroxylation is 1. The molecule has 0 radical (unpaired) electrons. The molecule has 0 aromatic heterocycles. The Morgan fingerprint density at radius 3 is 2.55 bits per heavy atom. The fourth-order valence-electron chi connectivity index (χ4n) is 11.0. The number of phenolic OH excluding ortho intramolecular Hbond substituents is 2. The van der Waals surface area contributed by atoms with Crippen molar-refractivity contribution in [2.45, 2.75) is 87.3 Å². The molecule has 15 heteroatoms. The molecule has 3 aromatic carbocycles. The number of ether oxygens (including phenoxy) is 6. The van der Waals surface area contributed by atoms with Crippen LogP contribution >= 0.6 is 11.8 Å². The Kier molecular flexibility index (Phi) is 7.52. The summed E-state index contributed by atoms with van der Waals surface area (Å²) in [6.45, 7) is 7.47. The predicted octanol–water partition coefficient (Wildman–Crippen LogP) is 3.86. The second-order valence-corrected chi connectivity index (χ2v) is 17.0. The van der Waals surface area contributed by atoms with E-state index in [1.807, 2.05) is 18.7 Å². The number of piperazine rings is 1. The first-order valence-electron chi connectivity index (χ1n) is 18.6. The molecule has 3 fully saturated rings. The van der Waals surface area contributed by atoms with Crippen molar-refractivity contribution in [2.24, 2.45) is 0 Å². The molecule has 8 heterocycles. The maximum absolute atomic E-state index is 14.7. The van der Waals surface area contributed by atoms with Crippen molar-refractivity contribution in [1.29, 1.82) is 0 Å². The van der Waals surface area contributed by atoms with E-state index in [1.165, 1.54) is 25.8 Å². The lowest BCUT2D eigenvalue weighted by Crippen LogP contribution is -2.75. The molecule has 2 bridgehead atoms. The molecule has 3 aromatic rings. The molecule has 55 heavy (non-hydrogen) atoms. The molecule has 4 N–H and O–H groups in total. The molecular weight excluding hydrogens is 731 g/mol. The number of carbonyl (C=O) groups excluding carboxylic acids is 2. The van der Waals surface area contributed by atoms with E-state index in [2.05, 4.69) is 23.2 Å². The summed E-state index contributed by atoms with van der Waals surface area (Å²) in [6, 6.07) is 3.36. The Morgan fingerprint density at radius 1 is 1.02 bits per heavy atom. The van der Waals surface area contributed by atoms with Gasteiger partial charge in [-0.25, -0.2) is 4.79 Å². The number of hydrogen-bond acceptors (Lipinski definition) is 15. The topological polar surface area (TPSA) is 169 Å². The zero-order chi connectivity index (χ0) is 38.5. The van der Waals surface area contributed by atoms with Gasteiger partial charge in [-0.2, -0.15) is 0 Å². The van der Waals surface area contributed by atoms with Gasteiger partial charge in [-0.3, -0.25) is 19.9 Å². The molecule has 0 aliphatic carbocycles. The zero-order valence-electron chi connectivity index (χ0n) is 31.3. The van der Waals surface area contributed by atoms with Crippen LogP contribution in [0, 0.1) is 13.8 Å². The Morgan fingerprint density at radius 2 is 1.80 bits per heavy atom. The Bertz CT molecular complexity index is 2230. The van der Waals surface area contributed by atoms with E-state index in [0.29, 0.717) is 64.6 Å². The molecule has 0 amide bonds. The highest BCUT2D eigenvalue weighted by molar-refractivity contribution is 7.99. The van der Waals surface area contributed by atoms with Crippen molar-refractivity contribution in [3.63, 3.8) is 0 Å². The minimum Gasteiger partial charge on any atom is -0.504 e. The van der Waals surface area contributed by atoms with E-state index in [1.54, 1.807) is 19.2 Å². The summed E-state index contributed by atoms with van der Waals surface area (Å²) in [7, 11) is 3.01. The summed E-state index contributed by atoms with van der Waals surface area (Å²) in [4.78, 5) is 32.0. The van der Waals surface area contributed by atoms with Crippen LogP contribution in [0.15, 0.2) is 18.2 Å². The van der Waals surface area contributed by atoms with Crippen LogP contribution in [0.1, 0.15) is 82.1 Å². The fourth-order valence-corrected chi connectivity index (χ4v) is 12.7. The van der Waals surface area contributed by atoms with E-state index in [9.17, 15) is 24.9 Å². The van der Waals surface area contributed by atoms with Gasteiger partial charge >= 0.3 is 11.9 Å². The SMILES string of the molecule is COc1cc2c(cc1O)CCNC21CSC2c3c(OC(C)=O)c(C)c4c(c3C(COC1=O)N1C(O)C3CC5(C)c6cc(C)c(OC)c(O)c6C(C21)N35)OCO4. The van der Waals surface area contributed by atoms with Gasteiger partial charge in [0.25, 0.3) is 0 Å². The van der Waals surface area contributed by atoms with E-state index < -0.39 is 52.6 Å². The van der Waals surface area contributed by atoms with E-state index in [0.717, 1.165) is 22.3 Å². The largest absolute Gasteiger partial charge is 0.504 e. The second-order valence-electron chi connectivity index (χ2n) is 15.8. The molecule has 8 aliphatic rings. The summed E-state index contributed by atoms with van der Waals surface area (Å²) >= 11 is 1.48. The van der Waals surface area contributed by atoms with Gasteiger partial charge in [-0.15, -0.1) is 11.8 Å². The van der Waals surface area contributed by atoms with Gasteiger partial charge in [-0.1, -0.05) is 0 Å². The Labute approximate surface area is 321 Å². The lowest BCUT2D eigenvalue weighted by molar-refractivity contribution is -0.249. The summed E-state index contributed by atoms with van der Waals surface area (Å²) < 4.78 is 36.1. The summed E-state index contributed by atoms with van der Waals surface area (Å²) in [6.07, 6.45) is 0.198. The molecule has 290 valence electrons. The number of carbonyl (C=O) groups is 2. The molecule has 8 atom stereocenters. The van der Waals surface area contributed by atoms with Gasteiger partial charge in [0.1, 0.15) is 18.6 Å². The number of thioether (sulfide) groups is 1. The number of aliphatic hydroxyl groups excluding tert-OH is 1. The van der Waals surface area contributed by atoms with Crippen molar-refractivity contribution >= 4 is 23.7 Å². The maximum Gasteiger partial charge on any atom is 0.331 e. The van der Waals surface area contributed by atoms with Crippen molar-refractivity contribution in [2.75, 3.05) is 39.9 Å². The second kappa shape index (κ2) is 11.8. The van der Waals surface area contributed by atoms with Gasteiger partial charge < -0.3 is 43.7 Å². The number of rotatable bonds is 3. The number of aliphatic hydroxyl groups is 1. The number of esters is 2. The molecule has 11 rings (SSSR count). The highest BCUT2D eigenvalue weighted by atomic mass is 32.2. The van der Waals surface area contributed by atoms with Gasteiger partial charge in [0.05, 0.1) is 37.6 Å². The molecule has 8 unspecified atom stereocenters. The van der Waals surface area contributed by atoms with Crippen LogP contribution in [0.3, 0.4) is 0 Å². The molecule has 1 spiro atoms.